The molecule has 2 fully saturated rings. The maximum absolute atomic E-state index is 13.7. The lowest BCUT2D eigenvalue weighted by Crippen LogP contribution is -2.52. The Kier molecular flexibility index (Phi) is 11.0. The van der Waals surface area contributed by atoms with Crippen molar-refractivity contribution < 1.29 is 14.1 Å². The predicted octanol–water partition coefficient (Wildman–Crippen LogP) is 6.65. The molecule has 0 radical (unpaired) electrons. The molecule has 0 unspecified atom stereocenters. The first-order chi connectivity index (χ1) is 24.0. The normalized spacial score (nSPS) is 16.2. The quantitative estimate of drug-likeness (QED) is 0.154. The van der Waals surface area contributed by atoms with Crippen LogP contribution in [0.5, 0.6) is 5.75 Å². The Bertz CT molecular complexity index is 1890. The molecule has 3 aromatic carbocycles. The zero-order chi connectivity index (χ0) is 35.4. The molecule has 2 aliphatic rings. The molecule has 3 heterocycles. The molecule has 0 atom stereocenters. The summed E-state index contributed by atoms with van der Waals surface area (Å²) in [4.78, 5) is 30.1. The van der Waals surface area contributed by atoms with Crippen molar-refractivity contribution in [1.29, 1.82) is 0 Å². The minimum absolute atomic E-state index is 0.190. The van der Waals surface area contributed by atoms with Crippen LogP contribution in [0, 0.1) is 6.92 Å². The minimum atomic E-state index is -2.58. The summed E-state index contributed by atoms with van der Waals surface area (Å²) in [6.07, 6.45) is 3.59. The topological polar surface area (TPSA) is 115 Å². The zero-order valence-electron chi connectivity index (χ0n) is 29.4. The molecule has 1 aromatic heterocycles. The van der Waals surface area contributed by atoms with Crippen molar-refractivity contribution >= 4 is 64.5 Å². The van der Waals surface area contributed by atoms with Crippen LogP contribution in [-0.4, -0.2) is 98.5 Å². The van der Waals surface area contributed by atoms with E-state index >= 15 is 0 Å². The van der Waals surface area contributed by atoms with Gasteiger partial charge in [-0.1, -0.05) is 41.9 Å². The van der Waals surface area contributed by atoms with E-state index in [0.717, 1.165) is 63.4 Å². The second-order valence-corrected chi connectivity index (χ2v) is 17.0. The summed E-state index contributed by atoms with van der Waals surface area (Å²) in [7, 11) is 1.23. The van der Waals surface area contributed by atoms with E-state index in [1.807, 2.05) is 67.6 Å². The van der Waals surface area contributed by atoms with Gasteiger partial charge in [0.25, 0.3) is 5.91 Å². The number of ether oxygens (including phenoxy) is 1. The molecule has 0 bridgehead atoms. The average Bonchev–Trinajstić information content (AvgIpc) is 3.10. The van der Waals surface area contributed by atoms with Crippen molar-refractivity contribution in [3.63, 3.8) is 0 Å². The number of carbonyl (C=O) groups excluding carboxylic acids is 1. The number of aryl methyl sites for hydroxylation is 1. The van der Waals surface area contributed by atoms with Gasteiger partial charge in [-0.2, -0.15) is 4.98 Å². The standard InChI is InChI=1S/C37H46ClN8O3P/c1-25-10-6-7-11-27(25)36(47)41-30-22-31(33(49-3)23-32(30)46-16-14-26(15-17-46)45-20-18-44(2)19-21-45)42-37-39-24-28(38)35(43-37)40-29-12-8-9-13-34(29)50(4,5)48/h6-13,22-24,26H,14-21H2,1-5H3,(H,41,47)(H2,39,40,42,43). The van der Waals surface area contributed by atoms with E-state index in [0.29, 0.717) is 50.6 Å². The number of amides is 1. The summed E-state index contributed by atoms with van der Waals surface area (Å²) in [5.41, 5.74) is 4.28. The molecule has 13 heteroatoms. The van der Waals surface area contributed by atoms with E-state index in [-0.39, 0.29) is 11.9 Å². The molecule has 264 valence electrons. The molecule has 4 aromatic rings. The van der Waals surface area contributed by atoms with Gasteiger partial charge in [0.2, 0.25) is 5.95 Å². The van der Waals surface area contributed by atoms with Gasteiger partial charge in [-0.3, -0.25) is 9.69 Å². The van der Waals surface area contributed by atoms with Crippen molar-refractivity contribution in [2.24, 2.45) is 0 Å². The lowest BCUT2D eigenvalue weighted by Gasteiger charge is -2.43. The summed E-state index contributed by atoms with van der Waals surface area (Å²) in [6.45, 7) is 11.5. The van der Waals surface area contributed by atoms with Crippen LogP contribution in [-0.2, 0) is 4.57 Å². The van der Waals surface area contributed by atoms with Crippen molar-refractivity contribution in [2.45, 2.75) is 25.8 Å². The molecule has 50 heavy (non-hydrogen) atoms. The predicted molar refractivity (Wildman–Crippen MR) is 206 cm³/mol. The first kappa shape index (κ1) is 35.7. The Balaban J connectivity index is 1.30. The number of nitrogens with one attached hydrogen (secondary N) is 3. The van der Waals surface area contributed by atoms with Crippen LogP contribution in [0.1, 0.15) is 28.8 Å². The lowest BCUT2D eigenvalue weighted by atomic mass is 10.0. The smallest absolute Gasteiger partial charge is 0.255 e. The van der Waals surface area contributed by atoms with Crippen LogP contribution < -0.4 is 30.9 Å². The van der Waals surface area contributed by atoms with E-state index in [9.17, 15) is 9.36 Å². The minimum Gasteiger partial charge on any atom is -0.494 e. The maximum atomic E-state index is 13.7. The number of nitrogens with zero attached hydrogens (tertiary/aromatic N) is 5. The van der Waals surface area contributed by atoms with Crippen LogP contribution in [0.15, 0.2) is 66.9 Å². The Hall–Kier alpha value is -4.15. The number of anilines is 6. The number of halogens is 1. The van der Waals surface area contributed by atoms with Crippen molar-refractivity contribution in [1.82, 2.24) is 19.8 Å². The maximum Gasteiger partial charge on any atom is 0.255 e. The summed E-state index contributed by atoms with van der Waals surface area (Å²) < 4.78 is 18.9. The second-order valence-electron chi connectivity index (χ2n) is 13.4. The summed E-state index contributed by atoms with van der Waals surface area (Å²) in [5, 5.41) is 10.7. The van der Waals surface area contributed by atoms with Crippen LogP contribution >= 0.6 is 18.7 Å². The van der Waals surface area contributed by atoms with Crippen LogP contribution in [0.25, 0.3) is 0 Å². The Morgan fingerprint density at radius 1 is 0.920 bits per heavy atom. The number of carbonyl (C=O) groups is 1. The first-order valence-corrected chi connectivity index (χ1v) is 20.0. The lowest BCUT2D eigenvalue weighted by molar-refractivity contribution is 0.0981. The third-order valence-electron chi connectivity index (χ3n) is 9.54. The average molecular weight is 717 g/mol. The number of aromatic nitrogens is 2. The summed E-state index contributed by atoms with van der Waals surface area (Å²) >= 11 is 6.53. The van der Waals surface area contributed by atoms with Crippen molar-refractivity contribution in [3.05, 3.63) is 83.0 Å². The van der Waals surface area contributed by atoms with Crippen LogP contribution in [0.3, 0.4) is 0 Å². The highest BCUT2D eigenvalue weighted by Crippen LogP contribution is 2.41. The SMILES string of the molecule is COc1cc(N2CCC(N3CCN(C)CC3)CC2)c(NC(=O)c2ccccc2C)cc1Nc1ncc(Cl)c(Nc2ccccc2P(C)(C)=O)n1. The third kappa shape index (κ3) is 8.24. The molecule has 3 N–H and O–H groups in total. The molecule has 0 aliphatic carbocycles. The van der Waals surface area contributed by atoms with Crippen LogP contribution in [0.4, 0.5) is 34.5 Å². The van der Waals surface area contributed by atoms with E-state index in [1.165, 1.54) is 6.20 Å². The summed E-state index contributed by atoms with van der Waals surface area (Å²) in [5.74, 6) is 1.01. The van der Waals surface area contributed by atoms with Gasteiger partial charge in [0.15, 0.2) is 5.82 Å². The summed E-state index contributed by atoms with van der Waals surface area (Å²) in [6, 6.07) is 19.4. The molecular weight excluding hydrogens is 671 g/mol. The van der Waals surface area contributed by atoms with Crippen molar-refractivity contribution in [3.8, 4) is 5.75 Å². The van der Waals surface area contributed by atoms with Gasteiger partial charge in [-0.15, -0.1) is 0 Å². The highest BCUT2D eigenvalue weighted by atomic mass is 35.5. The molecule has 6 rings (SSSR count). The fourth-order valence-corrected chi connectivity index (χ4v) is 7.98. The van der Waals surface area contributed by atoms with Crippen molar-refractivity contribution in [2.75, 3.05) is 87.6 Å². The van der Waals surface area contributed by atoms with Gasteiger partial charge in [-0.05, 0) is 70.0 Å². The fraction of sp³-hybridized carbons (Fsp3) is 0.378. The van der Waals surface area contributed by atoms with Gasteiger partial charge in [-0.25, -0.2) is 4.98 Å². The molecule has 0 saturated carbocycles. The number of benzene rings is 3. The molecule has 2 saturated heterocycles. The second kappa shape index (κ2) is 15.4. The zero-order valence-corrected chi connectivity index (χ0v) is 31.0. The molecule has 0 spiro atoms. The highest BCUT2D eigenvalue weighted by molar-refractivity contribution is 7.70. The number of rotatable bonds is 10. The molecular formula is C37H46ClN8O3P. The van der Waals surface area contributed by atoms with Gasteiger partial charge in [0.1, 0.15) is 17.9 Å². The highest BCUT2D eigenvalue weighted by Gasteiger charge is 2.29. The van der Waals surface area contributed by atoms with Gasteiger partial charge in [0, 0.05) is 62.2 Å². The number of hydrogen-bond donors (Lipinski definition) is 3. The van der Waals surface area contributed by atoms with Gasteiger partial charge in [0.05, 0.1) is 36.1 Å². The number of piperazine rings is 1. The van der Waals surface area contributed by atoms with Gasteiger partial charge >= 0.3 is 0 Å². The molecule has 1 amide bonds. The van der Waals surface area contributed by atoms with E-state index in [2.05, 4.69) is 47.7 Å². The molecule has 11 nitrogen and oxygen atoms in total. The van der Waals surface area contributed by atoms with E-state index < -0.39 is 7.14 Å². The van der Waals surface area contributed by atoms with Gasteiger partial charge < -0.3 is 35.1 Å². The molecule has 2 aliphatic heterocycles. The van der Waals surface area contributed by atoms with E-state index in [1.54, 1.807) is 20.4 Å². The number of methoxy groups -OCH3 is 1. The first-order valence-electron chi connectivity index (χ1n) is 17.0. The largest absolute Gasteiger partial charge is 0.494 e. The number of likely N-dealkylation sites (N-methyl/N-ethyl adjacent to an activating group) is 1. The Morgan fingerprint density at radius 3 is 2.32 bits per heavy atom. The monoisotopic (exact) mass is 716 g/mol. The number of hydrogen-bond acceptors (Lipinski definition) is 10. The Labute approximate surface area is 299 Å². The van der Waals surface area contributed by atoms with Crippen LogP contribution in [0.2, 0.25) is 5.02 Å². The number of para-hydroxylation sites is 1. The van der Waals surface area contributed by atoms with E-state index in [4.69, 9.17) is 16.3 Å². The number of piperidine rings is 1. The fourth-order valence-electron chi connectivity index (χ4n) is 6.69. The third-order valence-corrected chi connectivity index (χ3v) is 11.4. The Morgan fingerprint density at radius 2 is 1.62 bits per heavy atom.